The molecule has 31 heavy (non-hydrogen) atoms. The summed E-state index contributed by atoms with van der Waals surface area (Å²) >= 11 is 0. The number of hydrogen-bond donors (Lipinski definition) is 2. The first-order valence-electron chi connectivity index (χ1n) is 9.87. The van der Waals surface area contributed by atoms with Crippen LogP contribution in [0.15, 0.2) is 66.7 Å². The van der Waals surface area contributed by atoms with Crippen molar-refractivity contribution in [2.24, 2.45) is 0 Å². The van der Waals surface area contributed by atoms with E-state index in [1.54, 1.807) is 42.5 Å². The number of anilines is 2. The Labute approximate surface area is 179 Å². The summed E-state index contributed by atoms with van der Waals surface area (Å²) in [6.07, 6.45) is 0.210. The van der Waals surface area contributed by atoms with Crippen LogP contribution in [-0.2, 0) is 4.79 Å². The van der Waals surface area contributed by atoms with Crippen LogP contribution in [-0.4, -0.2) is 25.2 Å². The van der Waals surface area contributed by atoms with Gasteiger partial charge in [-0.15, -0.1) is 0 Å². The van der Waals surface area contributed by atoms with Crippen molar-refractivity contribution in [2.75, 3.05) is 24.0 Å². The van der Waals surface area contributed by atoms with Gasteiger partial charge in [-0.05, 0) is 61.0 Å². The van der Waals surface area contributed by atoms with Crippen LogP contribution in [0, 0.1) is 6.92 Å². The first kappa shape index (κ1) is 20.3. The molecule has 0 fully saturated rings. The topological polar surface area (TPSA) is 85.9 Å². The van der Waals surface area contributed by atoms with Gasteiger partial charge in [0.2, 0.25) is 12.7 Å². The lowest BCUT2D eigenvalue weighted by molar-refractivity contribution is -0.116. The number of aryl methyl sites for hydroxylation is 1. The van der Waals surface area contributed by atoms with E-state index in [1.165, 1.54) is 0 Å². The van der Waals surface area contributed by atoms with Crippen molar-refractivity contribution < 1.29 is 23.8 Å². The van der Waals surface area contributed by atoms with Gasteiger partial charge in [0.05, 0.1) is 13.0 Å². The minimum absolute atomic E-state index is 0.151. The summed E-state index contributed by atoms with van der Waals surface area (Å²) in [5, 5.41) is 5.64. The molecule has 7 nitrogen and oxygen atoms in total. The van der Waals surface area contributed by atoms with E-state index in [1.807, 2.05) is 31.2 Å². The van der Waals surface area contributed by atoms with Gasteiger partial charge in [-0.2, -0.15) is 0 Å². The Balaban J connectivity index is 1.30. The van der Waals surface area contributed by atoms with Crippen molar-refractivity contribution >= 4 is 23.2 Å². The highest BCUT2D eigenvalue weighted by molar-refractivity contribution is 6.05. The molecule has 158 valence electrons. The van der Waals surface area contributed by atoms with Crippen molar-refractivity contribution in [2.45, 2.75) is 13.3 Å². The molecule has 3 aromatic rings. The summed E-state index contributed by atoms with van der Waals surface area (Å²) in [6, 6.07) is 19.6. The SMILES string of the molecule is Cc1cccc(OCCC(=O)Nc2cccc(NC(=O)c3ccc4c(c3)OCO4)c2)c1. The predicted molar refractivity (Wildman–Crippen MR) is 117 cm³/mol. The number of carbonyl (C=O) groups is 2. The lowest BCUT2D eigenvalue weighted by atomic mass is 10.2. The van der Waals surface area contributed by atoms with Crippen molar-refractivity contribution in [3.8, 4) is 17.2 Å². The van der Waals surface area contributed by atoms with Gasteiger partial charge in [-0.25, -0.2) is 0 Å². The van der Waals surface area contributed by atoms with E-state index in [0.717, 1.165) is 11.3 Å². The van der Waals surface area contributed by atoms with Crippen molar-refractivity contribution in [3.05, 3.63) is 77.9 Å². The van der Waals surface area contributed by atoms with Gasteiger partial charge in [-0.3, -0.25) is 9.59 Å². The maximum absolute atomic E-state index is 12.5. The Morgan fingerprint density at radius 1 is 0.903 bits per heavy atom. The minimum atomic E-state index is -0.284. The molecule has 0 aliphatic carbocycles. The van der Waals surface area contributed by atoms with Crippen molar-refractivity contribution in [1.82, 2.24) is 0 Å². The molecule has 1 heterocycles. The smallest absolute Gasteiger partial charge is 0.255 e. The first-order valence-corrected chi connectivity index (χ1v) is 9.87. The van der Waals surface area contributed by atoms with E-state index < -0.39 is 0 Å². The number of nitrogens with one attached hydrogen (secondary N) is 2. The fourth-order valence-corrected chi connectivity index (χ4v) is 3.11. The fourth-order valence-electron chi connectivity index (χ4n) is 3.11. The number of fused-ring (bicyclic) bond motifs is 1. The summed E-state index contributed by atoms with van der Waals surface area (Å²) in [5.74, 6) is 1.44. The summed E-state index contributed by atoms with van der Waals surface area (Å²) in [5.41, 5.74) is 2.70. The lowest BCUT2D eigenvalue weighted by Gasteiger charge is -2.10. The Morgan fingerprint density at radius 2 is 1.68 bits per heavy atom. The molecule has 1 aliphatic rings. The van der Waals surface area contributed by atoms with Gasteiger partial charge in [0.1, 0.15) is 5.75 Å². The summed E-state index contributed by atoms with van der Waals surface area (Å²) < 4.78 is 16.2. The highest BCUT2D eigenvalue weighted by Gasteiger charge is 2.16. The third-order valence-electron chi connectivity index (χ3n) is 4.63. The van der Waals surface area contributed by atoms with Crippen LogP contribution < -0.4 is 24.8 Å². The maximum Gasteiger partial charge on any atom is 0.255 e. The lowest BCUT2D eigenvalue weighted by Crippen LogP contribution is -2.16. The second-order valence-corrected chi connectivity index (χ2v) is 7.07. The van der Waals surface area contributed by atoms with E-state index in [9.17, 15) is 9.59 Å². The maximum atomic E-state index is 12.5. The molecule has 0 atom stereocenters. The van der Waals surface area contributed by atoms with Crippen LogP contribution in [0.2, 0.25) is 0 Å². The molecule has 0 bridgehead atoms. The van der Waals surface area contributed by atoms with Crippen LogP contribution in [0.1, 0.15) is 22.3 Å². The number of benzene rings is 3. The molecule has 2 N–H and O–H groups in total. The second kappa shape index (κ2) is 9.21. The number of amides is 2. The summed E-state index contributed by atoms with van der Waals surface area (Å²) in [6.45, 7) is 2.41. The minimum Gasteiger partial charge on any atom is -0.493 e. The van der Waals surface area contributed by atoms with Crippen molar-refractivity contribution in [3.63, 3.8) is 0 Å². The molecule has 3 aromatic carbocycles. The zero-order chi connectivity index (χ0) is 21.6. The van der Waals surface area contributed by atoms with Crippen LogP contribution in [0.4, 0.5) is 11.4 Å². The van der Waals surface area contributed by atoms with Gasteiger partial charge in [0.25, 0.3) is 5.91 Å². The quantitative estimate of drug-likeness (QED) is 0.595. The summed E-state index contributed by atoms with van der Waals surface area (Å²) in [7, 11) is 0. The van der Waals surface area contributed by atoms with Crippen LogP contribution in [0.3, 0.4) is 0 Å². The normalized spacial score (nSPS) is 11.6. The number of ether oxygens (including phenoxy) is 3. The first-order chi connectivity index (χ1) is 15.1. The Hall–Kier alpha value is -4.00. The molecule has 0 saturated carbocycles. The molecule has 7 heteroatoms. The molecule has 0 radical (unpaired) electrons. The molecular formula is C24H22N2O5. The van der Waals surface area contributed by atoms with Crippen LogP contribution in [0.5, 0.6) is 17.2 Å². The molecule has 2 amide bonds. The molecular weight excluding hydrogens is 396 g/mol. The standard InChI is InChI=1S/C24H22N2O5/c1-16-4-2-7-20(12-16)29-11-10-23(27)25-18-5-3-6-19(14-18)26-24(28)17-8-9-21-22(13-17)31-15-30-21/h2-9,12-14H,10-11,15H2,1H3,(H,25,27)(H,26,28). The highest BCUT2D eigenvalue weighted by Crippen LogP contribution is 2.32. The van der Waals surface area contributed by atoms with Crippen molar-refractivity contribution in [1.29, 1.82) is 0 Å². The molecule has 0 unspecified atom stereocenters. The van der Waals surface area contributed by atoms with E-state index in [0.29, 0.717) is 28.4 Å². The molecule has 0 saturated heterocycles. The second-order valence-electron chi connectivity index (χ2n) is 7.07. The Morgan fingerprint density at radius 3 is 2.52 bits per heavy atom. The zero-order valence-corrected chi connectivity index (χ0v) is 17.0. The third-order valence-corrected chi connectivity index (χ3v) is 4.63. The van der Waals surface area contributed by atoms with E-state index in [-0.39, 0.29) is 31.6 Å². The molecule has 0 spiro atoms. The van der Waals surface area contributed by atoms with Gasteiger partial charge in [0.15, 0.2) is 11.5 Å². The predicted octanol–water partition coefficient (Wildman–Crippen LogP) is 4.38. The Bertz CT molecular complexity index is 1110. The molecule has 1 aliphatic heterocycles. The Kier molecular flexibility index (Phi) is 6.03. The largest absolute Gasteiger partial charge is 0.493 e. The molecule has 4 rings (SSSR count). The molecule has 0 aromatic heterocycles. The van der Waals surface area contributed by atoms with E-state index >= 15 is 0 Å². The van der Waals surface area contributed by atoms with Gasteiger partial charge >= 0.3 is 0 Å². The van der Waals surface area contributed by atoms with Gasteiger partial charge in [-0.1, -0.05) is 18.2 Å². The average molecular weight is 418 g/mol. The number of rotatable bonds is 7. The average Bonchev–Trinajstić information content (AvgIpc) is 3.22. The number of carbonyl (C=O) groups excluding carboxylic acids is 2. The van der Waals surface area contributed by atoms with Crippen LogP contribution in [0.25, 0.3) is 0 Å². The zero-order valence-electron chi connectivity index (χ0n) is 17.0. The third kappa shape index (κ3) is 5.33. The highest BCUT2D eigenvalue weighted by atomic mass is 16.7. The fraction of sp³-hybridized carbons (Fsp3) is 0.167. The van der Waals surface area contributed by atoms with Crippen LogP contribution >= 0.6 is 0 Å². The van der Waals surface area contributed by atoms with Gasteiger partial charge < -0.3 is 24.8 Å². The number of hydrogen-bond acceptors (Lipinski definition) is 5. The summed E-state index contributed by atoms with van der Waals surface area (Å²) in [4.78, 5) is 24.8. The van der Waals surface area contributed by atoms with Gasteiger partial charge in [0, 0.05) is 16.9 Å². The van der Waals surface area contributed by atoms with E-state index in [4.69, 9.17) is 14.2 Å². The monoisotopic (exact) mass is 418 g/mol. The van der Waals surface area contributed by atoms with E-state index in [2.05, 4.69) is 10.6 Å².